The molecule has 1 nitrogen and oxygen atoms in total. The predicted octanol–water partition coefficient (Wildman–Crippen LogP) is 7.83. The summed E-state index contributed by atoms with van der Waals surface area (Å²) >= 11 is 0. The molecular formula is C20H42OSi. The fourth-order valence-corrected chi connectivity index (χ4v) is 7.49. The molecule has 0 saturated carbocycles. The molecule has 0 spiro atoms. The van der Waals surface area contributed by atoms with Crippen molar-refractivity contribution < 1.29 is 4.43 Å². The predicted molar refractivity (Wildman–Crippen MR) is 104 cm³/mol. The van der Waals surface area contributed by atoms with Crippen molar-refractivity contribution in [2.45, 2.75) is 116 Å². The van der Waals surface area contributed by atoms with E-state index in [1.807, 2.05) is 0 Å². The van der Waals surface area contributed by atoms with Crippen LogP contribution in [0.15, 0.2) is 12.8 Å². The second-order valence-electron chi connectivity index (χ2n) is 6.90. The van der Waals surface area contributed by atoms with E-state index in [-0.39, 0.29) is 0 Å². The van der Waals surface area contributed by atoms with E-state index in [4.69, 9.17) is 4.43 Å². The van der Waals surface area contributed by atoms with Gasteiger partial charge in [0.1, 0.15) is 0 Å². The molecule has 0 aromatic carbocycles. The molecule has 0 saturated heterocycles. The SMILES string of the molecule is C=CO[Si](CCCCCC)(CCCCCC)CCCCCC. The molecule has 0 fully saturated rings. The van der Waals surface area contributed by atoms with Gasteiger partial charge in [-0.1, -0.05) is 104 Å². The lowest BCUT2D eigenvalue weighted by atomic mass is 10.2. The van der Waals surface area contributed by atoms with Crippen LogP contribution in [0, 0.1) is 0 Å². The van der Waals surface area contributed by atoms with Crippen LogP contribution in [0.25, 0.3) is 0 Å². The fourth-order valence-electron chi connectivity index (χ4n) is 3.35. The van der Waals surface area contributed by atoms with Crippen molar-refractivity contribution in [2.75, 3.05) is 0 Å². The zero-order valence-corrected chi connectivity index (χ0v) is 16.8. The average molecular weight is 327 g/mol. The average Bonchev–Trinajstić information content (AvgIpc) is 2.53. The molecule has 22 heavy (non-hydrogen) atoms. The molecule has 0 aliphatic rings. The number of hydrogen-bond acceptors (Lipinski definition) is 1. The third-order valence-corrected chi connectivity index (χ3v) is 9.25. The second-order valence-corrected chi connectivity index (χ2v) is 11.0. The lowest BCUT2D eigenvalue weighted by Gasteiger charge is -2.31. The van der Waals surface area contributed by atoms with E-state index >= 15 is 0 Å². The van der Waals surface area contributed by atoms with Crippen LogP contribution in [0.2, 0.25) is 18.1 Å². The smallest absolute Gasteiger partial charge is 0.250 e. The molecule has 0 unspecified atom stereocenters. The highest BCUT2D eigenvalue weighted by molar-refractivity contribution is 6.74. The summed E-state index contributed by atoms with van der Waals surface area (Å²) in [5.74, 6) is 0. The van der Waals surface area contributed by atoms with E-state index in [0.29, 0.717) is 0 Å². The molecule has 0 atom stereocenters. The van der Waals surface area contributed by atoms with Crippen LogP contribution < -0.4 is 0 Å². The Labute approximate surface area is 142 Å². The van der Waals surface area contributed by atoms with Crippen molar-refractivity contribution >= 4 is 8.32 Å². The number of hydrogen-bond donors (Lipinski definition) is 0. The minimum absolute atomic E-state index is 1.32. The molecule has 0 N–H and O–H groups in total. The Hall–Kier alpha value is -0.243. The summed E-state index contributed by atoms with van der Waals surface area (Å²) in [6.45, 7) is 10.8. The second kappa shape index (κ2) is 15.6. The van der Waals surface area contributed by atoms with Crippen LogP contribution in [-0.2, 0) is 4.43 Å². The minimum atomic E-state index is -1.56. The van der Waals surface area contributed by atoms with E-state index in [0.717, 1.165) is 0 Å². The Kier molecular flexibility index (Phi) is 15.5. The van der Waals surface area contributed by atoms with Gasteiger partial charge in [-0.05, 0) is 18.1 Å². The van der Waals surface area contributed by atoms with E-state index in [9.17, 15) is 0 Å². The Bertz CT molecular complexity index is 209. The fraction of sp³-hybridized carbons (Fsp3) is 0.900. The highest BCUT2D eigenvalue weighted by Crippen LogP contribution is 2.31. The Morgan fingerprint density at radius 2 is 1.00 bits per heavy atom. The first-order chi connectivity index (χ1) is 10.7. The van der Waals surface area contributed by atoms with Gasteiger partial charge in [-0.15, -0.1) is 0 Å². The van der Waals surface area contributed by atoms with Gasteiger partial charge < -0.3 is 4.43 Å². The summed E-state index contributed by atoms with van der Waals surface area (Å²) in [6.07, 6.45) is 18.1. The Balaban J connectivity index is 4.43. The molecule has 0 radical (unpaired) electrons. The molecule has 0 aliphatic heterocycles. The largest absolute Gasteiger partial charge is 0.550 e. The topological polar surface area (TPSA) is 9.23 Å². The zero-order valence-electron chi connectivity index (χ0n) is 15.8. The normalized spacial score (nSPS) is 11.6. The molecule has 0 bridgehead atoms. The maximum absolute atomic E-state index is 6.27. The lowest BCUT2D eigenvalue weighted by Crippen LogP contribution is -2.36. The first kappa shape index (κ1) is 21.8. The summed E-state index contributed by atoms with van der Waals surface area (Å²) < 4.78 is 6.27. The summed E-state index contributed by atoms with van der Waals surface area (Å²) in [4.78, 5) is 0. The summed E-state index contributed by atoms with van der Waals surface area (Å²) in [5.41, 5.74) is 0. The molecule has 0 aliphatic carbocycles. The van der Waals surface area contributed by atoms with E-state index in [2.05, 4.69) is 27.4 Å². The van der Waals surface area contributed by atoms with E-state index in [1.54, 1.807) is 6.26 Å². The van der Waals surface area contributed by atoms with Gasteiger partial charge in [-0.25, -0.2) is 0 Å². The van der Waals surface area contributed by atoms with Gasteiger partial charge in [0.05, 0.1) is 6.26 Å². The number of rotatable bonds is 17. The van der Waals surface area contributed by atoms with Crippen molar-refractivity contribution in [2.24, 2.45) is 0 Å². The van der Waals surface area contributed by atoms with Gasteiger partial charge in [0.2, 0.25) is 8.32 Å². The Morgan fingerprint density at radius 3 is 1.27 bits per heavy atom. The van der Waals surface area contributed by atoms with Gasteiger partial charge >= 0.3 is 0 Å². The van der Waals surface area contributed by atoms with Gasteiger partial charge in [-0.3, -0.25) is 0 Å². The maximum Gasteiger partial charge on any atom is 0.250 e. The standard InChI is InChI=1S/C20H42OSi/c1-5-9-12-15-18-22(21-8-4,19-16-13-10-6-2)20-17-14-11-7-3/h8H,4-7,9-20H2,1-3H3. The van der Waals surface area contributed by atoms with Crippen LogP contribution in [0.3, 0.4) is 0 Å². The summed E-state index contributed by atoms with van der Waals surface area (Å²) in [6, 6.07) is 4.08. The maximum atomic E-state index is 6.27. The van der Waals surface area contributed by atoms with Gasteiger partial charge in [-0.2, -0.15) is 0 Å². The molecule has 0 heterocycles. The first-order valence-corrected chi connectivity index (χ1v) is 12.6. The molecule has 132 valence electrons. The van der Waals surface area contributed by atoms with Crippen LogP contribution in [0.4, 0.5) is 0 Å². The highest BCUT2D eigenvalue weighted by Gasteiger charge is 2.34. The third-order valence-electron chi connectivity index (χ3n) is 4.79. The van der Waals surface area contributed by atoms with Crippen molar-refractivity contribution in [3.8, 4) is 0 Å². The third kappa shape index (κ3) is 11.3. The molecule has 2 heteroatoms. The molecular weight excluding hydrogens is 284 g/mol. The van der Waals surface area contributed by atoms with E-state index < -0.39 is 8.32 Å². The van der Waals surface area contributed by atoms with Crippen molar-refractivity contribution in [1.29, 1.82) is 0 Å². The van der Waals surface area contributed by atoms with Crippen LogP contribution in [-0.4, -0.2) is 8.32 Å². The first-order valence-electron chi connectivity index (χ1n) is 10.0. The van der Waals surface area contributed by atoms with Crippen molar-refractivity contribution in [1.82, 2.24) is 0 Å². The molecule has 0 aromatic heterocycles. The van der Waals surface area contributed by atoms with Gasteiger partial charge in [0.15, 0.2) is 0 Å². The van der Waals surface area contributed by atoms with Crippen LogP contribution >= 0.6 is 0 Å². The molecule has 0 amide bonds. The molecule has 0 aromatic rings. The minimum Gasteiger partial charge on any atom is -0.550 e. The molecule has 0 rings (SSSR count). The summed E-state index contributed by atoms with van der Waals surface area (Å²) in [5, 5.41) is 0. The van der Waals surface area contributed by atoms with Crippen LogP contribution in [0.5, 0.6) is 0 Å². The highest BCUT2D eigenvalue weighted by atomic mass is 28.4. The lowest BCUT2D eigenvalue weighted by molar-refractivity contribution is 0.441. The van der Waals surface area contributed by atoms with Crippen molar-refractivity contribution in [3.63, 3.8) is 0 Å². The van der Waals surface area contributed by atoms with Gasteiger partial charge in [0, 0.05) is 0 Å². The van der Waals surface area contributed by atoms with E-state index in [1.165, 1.54) is 95.2 Å². The number of unbranched alkanes of at least 4 members (excludes halogenated alkanes) is 9. The monoisotopic (exact) mass is 326 g/mol. The van der Waals surface area contributed by atoms with Crippen LogP contribution in [0.1, 0.15) is 97.8 Å². The Morgan fingerprint density at radius 1 is 0.636 bits per heavy atom. The van der Waals surface area contributed by atoms with Gasteiger partial charge in [0.25, 0.3) is 0 Å². The quantitative estimate of drug-likeness (QED) is 0.150. The zero-order chi connectivity index (χ0) is 16.5. The van der Waals surface area contributed by atoms with Crippen molar-refractivity contribution in [3.05, 3.63) is 12.8 Å². The summed E-state index contributed by atoms with van der Waals surface area (Å²) in [7, 11) is -1.56.